The number of hydrogen-bond acceptors (Lipinski definition) is 3. The number of benzene rings is 1. The maximum atomic E-state index is 6.12. The number of likely N-dealkylation sites (N-methyl/N-ethyl adjacent to an activating group) is 1. The van der Waals surface area contributed by atoms with Gasteiger partial charge in [0.2, 0.25) is 0 Å². The first-order valence-corrected chi connectivity index (χ1v) is 10.3. The predicted molar refractivity (Wildman–Crippen MR) is 117 cm³/mol. The molecule has 1 heterocycles. The second-order valence-electron chi connectivity index (χ2n) is 8.47. The van der Waals surface area contributed by atoms with Crippen LogP contribution in [0.1, 0.15) is 26.3 Å². The van der Waals surface area contributed by atoms with Gasteiger partial charge in [-0.25, -0.2) is 0 Å². The van der Waals surface area contributed by atoms with E-state index in [-0.39, 0.29) is 5.41 Å². The smallest absolute Gasteiger partial charge is 0.191 e. The van der Waals surface area contributed by atoms with Crippen LogP contribution in [0.5, 0.6) is 0 Å². The van der Waals surface area contributed by atoms with Gasteiger partial charge in [-0.1, -0.05) is 37.6 Å². The molecule has 0 aromatic heterocycles. The number of halogens is 1. The van der Waals surface area contributed by atoms with E-state index in [0.29, 0.717) is 6.04 Å². The van der Waals surface area contributed by atoms with Crippen molar-refractivity contribution in [3.63, 3.8) is 0 Å². The highest BCUT2D eigenvalue weighted by molar-refractivity contribution is 6.30. The number of guanidine groups is 1. The van der Waals surface area contributed by atoms with E-state index in [1.54, 1.807) is 0 Å². The monoisotopic (exact) mass is 393 g/mol. The van der Waals surface area contributed by atoms with E-state index in [9.17, 15) is 0 Å². The fourth-order valence-electron chi connectivity index (χ4n) is 3.44. The highest BCUT2D eigenvalue weighted by Gasteiger charge is 2.21. The van der Waals surface area contributed by atoms with Gasteiger partial charge in [0, 0.05) is 57.4 Å². The summed E-state index contributed by atoms with van der Waals surface area (Å²) in [4.78, 5) is 9.32. The first-order chi connectivity index (χ1) is 12.8. The first-order valence-electron chi connectivity index (χ1n) is 9.90. The summed E-state index contributed by atoms with van der Waals surface area (Å²) < 4.78 is 0. The lowest BCUT2D eigenvalue weighted by molar-refractivity contribution is 0.120. The molecule has 0 saturated carbocycles. The number of rotatable bonds is 7. The van der Waals surface area contributed by atoms with Crippen molar-refractivity contribution >= 4 is 17.6 Å². The van der Waals surface area contributed by atoms with E-state index < -0.39 is 0 Å². The van der Waals surface area contributed by atoms with Crippen LogP contribution in [0.2, 0.25) is 5.02 Å². The van der Waals surface area contributed by atoms with Crippen molar-refractivity contribution in [3.8, 4) is 0 Å². The molecule has 0 radical (unpaired) electrons. The van der Waals surface area contributed by atoms with Crippen LogP contribution in [0.4, 0.5) is 0 Å². The zero-order valence-electron chi connectivity index (χ0n) is 17.6. The molecule has 1 atom stereocenters. The molecule has 1 fully saturated rings. The fourth-order valence-corrected chi connectivity index (χ4v) is 3.65. The van der Waals surface area contributed by atoms with Gasteiger partial charge in [-0.05, 0) is 43.5 Å². The van der Waals surface area contributed by atoms with E-state index >= 15 is 0 Å². The van der Waals surface area contributed by atoms with Crippen LogP contribution in [-0.4, -0.2) is 75.2 Å². The lowest BCUT2D eigenvalue weighted by Gasteiger charge is -2.36. The van der Waals surface area contributed by atoms with Crippen molar-refractivity contribution in [2.45, 2.75) is 33.2 Å². The third-order valence-corrected chi connectivity index (χ3v) is 5.49. The maximum Gasteiger partial charge on any atom is 0.191 e. The quantitative estimate of drug-likeness (QED) is 0.552. The number of piperazine rings is 1. The van der Waals surface area contributed by atoms with E-state index in [0.717, 1.165) is 56.7 Å². The minimum absolute atomic E-state index is 0.103. The van der Waals surface area contributed by atoms with Gasteiger partial charge in [0.15, 0.2) is 5.96 Å². The number of hydrogen-bond donors (Lipinski definition) is 2. The fraction of sp³-hybridized carbons (Fsp3) is 0.667. The van der Waals surface area contributed by atoms with Crippen LogP contribution in [0.15, 0.2) is 29.3 Å². The summed E-state index contributed by atoms with van der Waals surface area (Å²) in [6.07, 6.45) is 0.968. The van der Waals surface area contributed by atoms with Gasteiger partial charge in [0.1, 0.15) is 0 Å². The molecule has 0 aliphatic carbocycles. The SMILES string of the molecule is CN=C(NCC(C)N1CCN(C)CC1)NCC(C)(C)Cc1cccc(Cl)c1. The Morgan fingerprint density at radius 2 is 1.93 bits per heavy atom. The standard InChI is InChI=1S/C21H36ClN5/c1-17(27-11-9-26(5)10-12-27)15-24-20(23-4)25-16-21(2,3)14-18-7-6-8-19(22)13-18/h6-8,13,17H,9-12,14-16H2,1-5H3,(H2,23,24,25). The van der Waals surface area contributed by atoms with Crippen LogP contribution >= 0.6 is 11.6 Å². The molecule has 1 aromatic carbocycles. The van der Waals surface area contributed by atoms with E-state index in [2.05, 4.69) is 59.3 Å². The number of aliphatic imine (C=N–C) groups is 1. The molecule has 0 amide bonds. The van der Waals surface area contributed by atoms with Gasteiger partial charge in [-0.15, -0.1) is 0 Å². The molecule has 0 bridgehead atoms. The Morgan fingerprint density at radius 1 is 1.22 bits per heavy atom. The Labute approximate surface area is 170 Å². The Hall–Kier alpha value is -1.30. The van der Waals surface area contributed by atoms with Gasteiger partial charge in [0.05, 0.1) is 0 Å². The molecule has 2 rings (SSSR count). The molecule has 27 heavy (non-hydrogen) atoms. The topological polar surface area (TPSA) is 42.9 Å². The Morgan fingerprint density at radius 3 is 2.56 bits per heavy atom. The Balaban J connectivity index is 1.77. The van der Waals surface area contributed by atoms with Crippen molar-refractivity contribution in [1.82, 2.24) is 20.4 Å². The minimum atomic E-state index is 0.103. The highest BCUT2D eigenvalue weighted by atomic mass is 35.5. The molecular formula is C21H36ClN5. The second-order valence-corrected chi connectivity index (χ2v) is 8.90. The average molecular weight is 394 g/mol. The minimum Gasteiger partial charge on any atom is -0.356 e. The van der Waals surface area contributed by atoms with E-state index in [1.165, 1.54) is 5.56 Å². The normalized spacial score (nSPS) is 18.4. The van der Waals surface area contributed by atoms with Crippen LogP contribution in [0.25, 0.3) is 0 Å². The molecule has 152 valence electrons. The predicted octanol–water partition coefficient (Wildman–Crippen LogP) is 2.71. The number of nitrogens with zero attached hydrogens (tertiary/aromatic N) is 3. The van der Waals surface area contributed by atoms with Crippen LogP contribution in [0, 0.1) is 5.41 Å². The lowest BCUT2D eigenvalue weighted by Crippen LogP contribution is -2.52. The molecule has 1 aliphatic rings. The third kappa shape index (κ3) is 7.68. The summed E-state index contributed by atoms with van der Waals surface area (Å²) in [7, 11) is 4.02. The Bertz CT molecular complexity index is 608. The van der Waals surface area contributed by atoms with E-state index in [4.69, 9.17) is 11.6 Å². The summed E-state index contributed by atoms with van der Waals surface area (Å²) in [5.41, 5.74) is 1.37. The maximum absolute atomic E-state index is 6.12. The number of nitrogens with one attached hydrogen (secondary N) is 2. The summed E-state index contributed by atoms with van der Waals surface area (Å²) in [6, 6.07) is 8.62. The largest absolute Gasteiger partial charge is 0.356 e. The molecule has 0 spiro atoms. The average Bonchev–Trinajstić information content (AvgIpc) is 2.62. The van der Waals surface area contributed by atoms with Crippen molar-refractivity contribution in [2.75, 3.05) is 53.4 Å². The van der Waals surface area contributed by atoms with Gasteiger partial charge < -0.3 is 15.5 Å². The van der Waals surface area contributed by atoms with Crippen LogP contribution in [0.3, 0.4) is 0 Å². The highest BCUT2D eigenvalue weighted by Crippen LogP contribution is 2.22. The lowest BCUT2D eigenvalue weighted by atomic mass is 9.86. The molecule has 2 N–H and O–H groups in total. The van der Waals surface area contributed by atoms with Crippen molar-refractivity contribution in [1.29, 1.82) is 0 Å². The zero-order chi connectivity index (χ0) is 19.9. The summed E-state index contributed by atoms with van der Waals surface area (Å²) in [6.45, 7) is 13.1. The van der Waals surface area contributed by atoms with Crippen LogP contribution < -0.4 is 10.6 Å². The molecule has 1 aliphatic heterocycles. The molecule has 5 nitrogen and oxygen atoms in total. The molecule has 1 aromatic rings. The molecule has 1 saturated heterocycles. The summed E-state index contributed by atoms with van der Waals surface area (Å²) in [5, 5.41) is 7.77. The van der Waals surface area contributed by atoms with Crippen molar-refractivity contribution < 1.29 is 0 Å². The van der Waals surface area contributed by atoms with Gasteiger partial charge >= 0.3 is 0 Å². The molecular weight excluding hydrogens is 358 g/mol. The third-order valence-electron chi connectivity index (χ3n) is 5.26. The second kappa shape index (κ2) is 10.3. The van der Waals surface area contributed by atoms with E-state index in [1.807, 2.05) is 25.2 Å². The summed E-state index contributed by atoms with van der Waals surface area (Å²) in [5.74, 6) is 0.871. The molecule has 1 unspecified atom stereocenters. The van der Waals surface area contributed by atoms with Gasteiger partial charge in [-0.3, -0.25) is 9.89 Å². The van der Waals surface area contributed by atoms with Gasteiger partial charge in [0.25, 0.3) is 0 Å². The van der Waals surface area contributed by atoms with Crippen LogP contribution in [-0.2, 0) is 6.42 Å². The first kappa shape index (κ1) is 22.0. The molecule has 6 heteroatoms. The summed E-state index contributed by atoms with van der Waals surface area (Å²) >= 11 is 6.12. The van der Waals surface area contributed by atoms with Crippen molar-refractivity contribution in [2.24, 2.45) is 10.4 Å². The van der Waals surface area contributed by atoms with Gasteiger partial charge in [-0.2, -0.15) is 0 Å². The Kier molecular flexibility index (Phi) is 8.39. The zero-order valence-corrected chi connectivity index (χ0v) is 18.3. The van der Waals surface area contributed by atoms with Crippen molar-refractivity contribution in [3.05, 3.63) is 34.9 Å².